The zero-order valence-corrected chi connectivity index (χ0v) is 6.68. The molecule has 2 heteroatoms. The molecule has 2 bridgehead atoms. The van der Waals surface area contributed by atoms with Gasteiger partial charge in [0.15, 0.2) is 0 Å². The van der Waals surface area contributed by atoms with Gasteiger partial charge in [-0.15, -0.1) is 0 Å². The van der Waals surface area contributed by atoms with Gasteiger partial charge in [0.25, 0.3) is 0 Å². The van der Waals surface area contributed by atoms with Crippen LogP contribution in [0.15, 0.2) is 24.3 Å². The molecule has 2 heterocycles. The average molecular weight is 163 g/mol. The third-order valence-electron chi connectivity index (χ3n) is 3.06. The van der Waals surface area contributed by atoms with Gasteiger partial charge < -0.3 is 5.32 Å². The highest BCUT2D eigenvalue weighted by molar-refractivity contribution is 5.36. The van der Waals surface area contributed by atoms with E-state index in [0.717, 1.165) is 18.4 Å². The van der Waals surface area contributed by atoms with Gasteiger partial charge in [0.05, 0.1) is 0 Å². The van der Waals surface area contributed by atoms with Crippen LogP contribution in [0.2, 0.25) is 0 Å². The number of hydrogen-bond acceptors (Lipinski definition) is 1. The maximum atomic E-state index is 13.3. The summed E-state index contributed by atoms with van der Waals surface area (Å²) in [5.41, 5.74) is 0.878. The Hall–Kier alpha value is -0.890. The molecule has 1 N–H and O–H groups in total. The monoisotopic (exact) mass is 163 g/mol. The molecule has 2 aliphatic heterocycles. The van der Waals surface area contributed by atoms with Crippen LogP contribution in [0.5, 0.6) is 0 Å². The first-order valence-corrected chi connectivity index (χ1v) is 4.33. The molecular formula is C10H10FN. The summed E-state index contributed by atoms with van der Waals surface area (Å²) >= 11 is 0. The molecule has 4 rings (SSSR count). The zero-order chi connectivity index (χ0) is 8.18. The lowest BCUT2D eigenvalue weighted by atomic mass is 9.59. The van der Waals surface area contributed by atoms with Gasteiger partial charge in [-0.2, -0.15) is 0 Å². The summed E-state index contributed by atoms with van der Waals surface area (Å²) in [4.78, 5) is 0. The van der Waals surface area contributed by atoms with Crippen LogP contribution in [0.1, 0.15) is 18.4 Å². The Labute approximate surface area is 70.6 Å². The summed E-state index contributed by atoms with van der Waals surface area (Å²) in [6.45, 7) is 0. The third-order valence-corrected chi connectivity index (χ3v) is 3.06. The van der Waals surface area contributed by atoms with Crippen molar-refractivity contribution in [3.63, 3.8) is 0 Å². The first-order chi connectivity index (χ1) is 5.80. The van der Waals surface area contributed by atoms with E-state index in [1.165, 1.54) is 6.07 Å². The summed E-state index contributed by atoms with van der Waals surface area (Å²) in [6.07, 6.45) is 2.24. The molecule has 0 atom stereocenters. The van der Waals surface area contributed by atoms with Crippen LogP contribution in [0, 0.1) is 5.82 Å². The van der Waals surface area contributed by atoms with Crippen LogP contribution >= 0.6 is 0 Å². The van der Waals surface area contributed by atoms with Gasteiger partial charge in [0.1, 0.15) is 5.82 Å². The first-order valence-electron chi connectivity index (χ1n) is 4.33. The Morgan fingerprint density at radius 1 is 1.33 bits per heavy atom. The van der Waals surface area contributed by atoms with Crippen molar-refractivity contribution in [3.8, 4) is 0 Å². The van der Waals surface area contributed by atoms with Crippen LogP contribution in [0.3, 0.4) is 0 Å². The second-order valence-corrected chi connectivity index (χ2v) is 3.81. The van der Waals surface area contributed by atoms with Crippen molar-refractivity contribution >= 4 is 0 Å². The Morgan fingerprint density at radius 3 is 2.50 bits per heavy atom. The van der Waals surface area contributed by atoms with Crippen LogP contribution in [0.4, 0.5) is 4.39 Å². The maximum absolute atomic E-state index is 13.3. The molecule has 62 valence electrons. The molecule has 0 spiro atoms. The normalized spacial score (nSPS) is 36.9. The lowest BCUT2D eigenvalue weighted by Crippen LogP contribution is -2.74. The van der Waals surface area contributed by atoms with Crippen molar-refractivity contribution in [2.75, 3.05) is 0 Å². The number of nitrogens with one attached hydrogen (secondary N) is 1. The molecule has 1 saturated carbocycles. The molecule has 0 radical (unpaired) electrons. The minimum absolute atomic E-state index is 0.0238. The van der Waals surface area contributed by atoms with Crippen LogP contribution in [0.25, 0.3) is 0 Å². The van der Waals surface area contributed by atoms with Crippen LogP contribution < -0.4 is 5.32 Å². The molecule has 12 heavy (non-hydrogen) atoms. The number of benzene rings is 1. The van der Waals surface area contributed by atoms with Gasteiger partial charge in [0, 0.05) is 17.1 Å². The summed E-state index contributed by atoms with van der Waals surface area (Å²) in [7, 11) is 0. The minimum Gasteiger partial charge on any atom is -0.304 e. The molecule has 2 saturated heterocycles. The minimum atomic E-state index is -0.0665. The fourth-order valence-electron chi connectivity index (χ4n) is 2.28. The Balaban J connectivity index is 2.06. The first kappa shape index (κ1) is 6.61. The number of hydrogen-bond donors (Lipinski definition) is 1. The third kappa shape index (κ3) is 0.619. The maximum Gasteiger partial charge on any atom is 0.128 e. The molecule has 3 aliphatic rings. The van der Waals surface area contributed by atoms with E-state index in [1.807, 2.05) is 12.1 Å². The molecule has 1 aromatic rings. The molecule has 0 aromatic heterocycles. The lowest BCUT2D eigenvalue weighted by Gasteiger charge is -2.63. The van der Waals surface area contributed by atoms with E-state index in [9.17, 15) is 4.39 Å². The molecule has 3 fully saturated rings. The molecule has 0 unspecified atom stereocenters. The molecule has 0 amide bonds. The lowest BCUT2D eigenvalue weighted by molar-refractivity contribution is -0.0247. The van der Waals surface area contributed by atoms with Crippen LogP contribution in [-0.2, 0) is 5.54 Å². The Morgan fingerprint density at radius 2 is 2.00 bits per heavy atom. The summed E-state index contributed by atoms with van der Waals surface area (Å²) in [5, 5.41) is 3.34. The standard InChI is InChI=1S/C10H10FN/c11-9-4-2-1-3-8(9)10-5-7(6-10)12-10/h1-4,7,12H,5-6H2. The van der Waals surface area contributed by atoms with Crippen molar-refractivity contribution in [2.45, 2.75) is 24.4 Å². The number of halogens is 1. The zero-order valence-electron chi connectivity index (χ0n) is 6.68. The second kappa shape index (κ2) is 1.88. The molecule has 1 aliphatic carbocycles. The van der Waals surface area contributed by atoms with E-state index in [1.54, 1.807) is 6.07 Å². The van der Waals surface area contributed by atoms with Crippen molar-refractivity contribution < 1.29 is 4.39 Å². The predicted molar refractivity (Wildman–Crippen MR) is 44.2 cm³/mol. The smallest absolute Gasteiger partial charge is 0.128 e. The summed E-state index contributed by atoms with van der Waals surface area (Å²) in [5.74, 6) is -0.0665. The van der Waals surface area contributed by atoms with Gasteiger partial charge in [-0.25, -0.2) is 4.39 Å². The van der Waals surface area contributed by atoms with E-state index in [0.29, 0.717) is 6.04 Å². The second-order valence-electron chi connectivity index (χ2n) is 3.81. The van der Waals surface area contributed by atoms with Crippen molar-refractivity contribution in [1.29, 1.82) is 0 Å². The Bertz CT molecular complexity index is 317. The summed E-state index contributed by atoms with van der Waals surface area (Å²) < 4.78 is 13.3. The fraction of sp³-hybridized carbons (Fsp3) is 0.400. The topological polar surface area (TPSA) is 12.0 Å². The van der Waals surface area contributed by atoms with E-state index >= 15 is 0 Å². The largest absolute Gasteiger partial charge is 0.304 e. The molecule has 1 nitrogen and oxygen atoms in total. The fourth-order valence-corrected chi connectivity index (χ4v) is 2.28. The van der Waals surface area contributed by atoms with Crippen molar-refractivity contribution in [3.05, 3.63) is 35.6 Å². The van der Waals surface area contributed by atoms with E-state index in [2.05, 4.69) is 5.32 Å². The van der Waals surface area contributed by atoms with Gasteiger partial charge in [-0.05, 0) is 18.9 Å². The predicted octanol–water partition coefficient (Wildman–Crippen LogP) is 1.79. The molecule has 1 aromatic carbocycles. The Kier molecular flexibility index (Phi) is 1.04. The van der Waals surface area contributed by atoms with Gasteiger partial charge in [-0.1, -0.05) is 18.2 Å². The van der Waals surface area contributed by atoms with Crippen molar-refractivity contribution in [2.24, 2.45) is 0 Å². The van der Waals surface area contributed by atoms with E-state index in [4.69, 9.17) is 0 Å². The number of rotatable bonds is 1. The van der Waals surface area contributed by atoms with Gasteiger partial charge >= 0.3 is 0 Å². The highest BCUT2D eigenvalue weighted by atomic mass is 19.1. The van der Waals surface area contributed by atoms with Gasteiger partial charge in [0.2, 0.25) is 0 Å². The van der Waals surface area contributed by atoms with E-state index < -0.39 is 0 Å². The van der Waals surface area contributed by atoms with Crippen LogP contribution in [-0.4, -0.2) is 6.04 Å². The van der Waals surface area contributed by atoms with Gasteiger partial charge in [-0.3, -0.25) is 0 Å². The highest BCUT2D eigenvalue weighted by Gasteiger charge is 2.58. The van der Waals surface area contributed by atoms with Crippen molar-refractivity contribution in [1.82, 2.24) is 5.32 Å². The SMILES string of the molecule is Fc1ccccc1C12CC(C1)N2. The van der Waals surface area contributed by atoms with E-state index in [-0.39, 0.29) is 11.4 Å². The summed E-state index contributed by atoms with van der Waals surface area (Å²) in [6, 6.07) is 7.74. The highest BCUT2D eigenvalue weighted by Crippen LogP contribution is 2.52. The average Bonchev–Trinajstić information content (AvgIpc) is 1.87. The quantitative estimate of drug-likeness (QED) is 0.665. The molecular weight excluding hydrogens is 153 g/mol.